The zero-order valence-electron chi connectivity index (χ0n) is 22.1. The molecule has 0 heterocycles. The molecule has 37 heavy (non-hydrogen) atoms. The summed E-state index contributed by atoms with van der Waals surface area (Å²) in [7, 11) is -2.54. The molecule has 0 saturated heterocycles. The minimum atomic E-state index is -4.07. The summed E-state index contributed by atoms with van der Waals surface area (Å²) in [5, 5.41) is 2.64. The molecule has 0 saturated carbocycles. The smallest absolute Gasteiger partial charge is 0.264 e. The van der Waals surface area contributed by atoms with Gasteiger partial charge >= 0.3 is 0 Å². The lowest BCUT2D eigenvalue weighted by molar-refractivity contribution is -0.140. The summed E-state index contributed by atoms with van der Waals surface area (Å²) >= 11 is 0. The van der Waals surface area contributed by atoms with E-state index in [9.17, 15) is 18.0 Å². The number of aryl methyl sites for hydroxylation is 3. The molecule has 0 aliphatic rings. The molecule has 0 radical (unpaired) electrons. The second-order valence-electron chi connectivity index (χ2n) is 9.08. The zero-order valence-corrected chi connectivity index (χ0v) is 22.9. The maximum Gasteiger partial charge on any atom is 0.264 e. The maximum absolute atomic E-state index is 13.9. The number of nitrogens with zero attached hydrogens (tertiary/aromatic N) is 2. The molecule has 0 spiro atoms. The number of hydrogen-bond donors (Lipinski definition) is 1. The van der Waals surface area contributed by atoms with Crippen molar-refractivity contribution in [2.75, 3.05) is 17.9 Å². The van der Waals surface area contributed by atoms with E-state index >= 15 is 0 Å². The number of rotatable bonds is 10. The van der Waals surface area contributed by atoms with Crippen LogP contribution in [0.4, 0.5) is 5.69 Å². The van der Waals surface area contributed by atoms with Gasteiger partial charge in [-0.2, -0.15) is 0 Å². The molecule has 0 aliphatic heterocycles. The predicted octanol–water partition coefficient (Wildman–Crippen LogP) is 4.36. The van der Waals surface area contributed by atoms with Gasteiger partial charge in [0.2, 0.25) is 11.8 Å². The molecule has 0 unspecified atom stereocenters. The van der Waals surface area contributed by atoms with Crippen molar-refractivity contribution in [3.8, 4) is 0 Å². The van der Waals surface area contributed by atoms with Gasteiger partial charge in [-0.05, 0) is 73.7 Å². The van der Waals surface area contributed by atoms with E-state index in [1.165, 1.54) is 24.1 Å². The standard InChI is InChI=1S/C29H35N3O4S/c1-6-27(29(34)30-5)31(19-24-13-11-10-12-22(24)3)28(33)20-32(25-17-16-21(2)23(4)18-25)37(35,36)26-14-8-7-9-15-26/h7-18,27H,6,19-20H2,1-5H3,(H,30,34)/t27-/m1/s1. The van der Waals surface area contributed by atoms with E-state index in [1.807, 2.05) is 58.0 Å². The van der Waals surface area contributed by atoms with Crippen molar-refractivity contribution < 1.29 is 18.0 Å². The number of sulfonamides is 1. The normalized spacial score (nSPS) is 12.0. The number of likely N-dealkylation sites (N-methyl/N-ethyl adjacent to an activating group) is 1. The van der Waals surface area contributed by atoms with Crippen molar-refractivity contribution in [3.63, 3.8) is 0 Å². The summed E-state index contributed by atoms with van der Waals surface area (Å²) < 4.78 is 28.7. The second-order valence-corrected chi connectivity index (χ2v) is 10.9. The lowest BCUT2D eigenvalue weighted by atomic mass is 10.1. The third-order valence-electron chi connectivity index (χ3n) is 6.62. The van der Waals surface area contributed by atoms with E-state index in [4.69, 9.17) is 0 Å². The molecule has 0 bridgehead atoms. The minimum absolute atomic E-state index is 0.0878. The third-order valence-corrected chi connectivity index (χ3v) is 8.41. The maximum atomic E-state index is 13.9. The lowest BCUT2D eigenvalue weighted by Crippen LogP contribution is -2.51. The highest BCUT2D eigenvalue weighted by Crippen LogP contribution is 2.27. The monoisotopic (exact) mass is 521 g/mol. The first kappa shape index (κ1) is 27.9. The quantitative estimate of drug-likeness (QED) is 0.430. The summed E-state index contributed by atoms with van der Waals surface area (Å²) in [4.78, 5) is 28.3. The summed E-state index contributed by atoms with van der Waals surface area (Å²) in [6.07, 6.45) is 0.381. The molecule has 3 rings (SSSR count). The number of benzene rings is 3. The molecule has 0 aliphatic carbocycles. The molecule has 1 N–H and O–H groups in total. The van der Waals surface area contributed by atoms with Gasteiger partial charge in [-0.1, -0.05) is 55.5 Å². The highest BCUT2D eigenvalue weighted by Gasteiger charge is 2.33. The van der Waals surface area contributed by atoms with Crippen LogP contribution in [-0.2, 0) is 26.2 Å². The Balaban J connectivity index is 2.09. The van der Waals surface area contributed by atoms with Gasteiger partial charge in [0.25, 0.3) is 10.0 Å². The summed E-state index contributed by atoms with van der Waals surface area (Å²) in [5.74, 6) is -0.760. The van der Waals surface area contributed by atoms with Gasteiger partial charge in [0, 0.05) is 13.6 Å². The largest absolute Gasteiger partial charge is 0.357 e. The van der Waals surface area contributed by atoms with Gasteiger partial charge < -0.3 is 10.2 Å². The third kappa shape index (κ3) is 6.38. The first-order valence-corrected chi connectivity index (χ1v) is 13.7. The number of amides is 2. The predicted molar refractivity (Wildman–Crippen MR) is 147 cm³/mol. The topological polar surface area (TPSA) is 86.8 Å². The Morgan fingerprint density at radius 3 is 2.11 bits per heavy atom. The van der Waals surface area contributed by atoms with Crippen LogP contribution in [-0.4, -0.2) is 44.8 Å². The van der Waals surface area contributed by atoms with E-state index in [1.54, 1.807) is 30.3 Å². The molecule has 7 nitrogen and oxygen atoms in total. The van der Waals surface area contributed by atoms with Crippen LogP contribution < -0.4 is 9.62 Å². The Labute approximate surface area is 220 Å². The van der Waals surface area contributed by atoms with E-state index in [-0.39, 0.29) is 17.3 Å². The molecule has 3 aromatic rings. The molecule has 196 valence electrons. The first-order valence-electron chi connectivity index (χ1n) is 12.3. The fraction of sp³-hybridized carbons (Fsp3) is 0.310. The van der Waals surface area contributed by atoms with Crippen LogP contribution in [0.15, 0.2) is 77.7 Å². The van der Waals surface area contributed by atoms with Gasteiger partial charge in [0.1, 0.15) is 12.6 Å². The summed E-state index contributed by atoms with van der Waals surface area (Å²) in [5.41, 5.74) is 4.19. The fourth-order valence-electron chi connectivity index (χ4n) is 4.19. The molecule has 1 atom stereocenters. The van der Waals surface area contributed by atoms with E-state index in [0.29, 0.717) is 12.1 Å². The van der Waals surface area contributed by atoms with Crippen molar-refractivity contribution in [1.29, 1.82) is 0 Å². The summed E-state index contributed by atoms with van der Waals surface area (Å²) in [6, 6.07) is 20.3. The van der Waals surface area contributed by atoms with E-state index < -0.39 is 28.5 Å². The molecular weight excluding hydrogens is 486 g/mol. The SMILES string of the molecule is CC[C@H](C(=O)NC)N(Cc1ccccc1C)C(=O)CN(c1ccc(C)c(C)c1)S(=O)(=O)c1ccccc1. The van der Waals surface area contributed by atoms with Gasteiger partial charge in [-0.25, -0.2) is 8.42 Å². The Kier molecular flexibility index (Phi) is 9.10. The molecule has 8 heteroatoms. The van der Waals surface area contributed by atoms with Crippen molar-refractivity contribution in [2.24, 2.45) is 0 Å². The van der Waals surface area contributed by atoms with Crippen molar-refractivity contribution in [1.82, 2.24) is 10.2 Å². The van der Waals surface area contributed by atoms with Crippen LogP contribution >= 0.6 is 0 Å². The molecule has 0 aromatic heterocycles. The number of carbonyl (C=O) groups is 2. The van der Waals surface area contributed by atoms with Gasteiger partial charge in [0.05, 0.1) is 10.6 Å². The number of anilines is 1. The number of carbonyl (C=O) groups excluding carboxylic acids is 2. The van der Waals surface area contributed by atoms with Crippen LogP contribution in [0.25, 0.3) is 0 Å². The summed E-state index contributed by atoms with van der Waals surface area (Å²) in [6.45, 7) is 7.36. The van der Waals surface area contributed by atoms with Crippen molar-refractivity contribution in [2.45, 2.75) is 51.6 Å². The Hall–Kier alpha value is -3.65. The Morgan fingerprint density at radius 2 is 1.51 bits per heavy atom. The fourth-order valence-corrected chi connectivity index (χ4v) is 5.61. The highest BCUT2D eigenvalue weighted by atomic mass is 32.2. The van der Waals surface area contributed by atoms with E-state index in [2.05, 4.69) is 5.32 Å². The molecule has 2 amide bonds. The second kappa shape index (κ2) is 12.1. The van der Waals surface area contributed by atoms with Crippen molar-refractivity contribution in [3.05, 3.63) is 95.1 Å². The molecule has 3 aromatic carbocycles. The van der Waals surface area contributed by atoms with Crippen LogP contribution in [0.2, 0.25) is 0 Å². The van der Waals surface area contributed by atoms with Gasteiger partial charge in [-0.3, -0.25) is 13.9 Å². The average molecular weight is 522 g/mol. The minimum Gasteiger partial charge on any atom is -0.357 e. The first-order chi connectivity index (χ1) is 17.6. The average Bonchev–Trinajstić information content (AvgIpc) is 2.90. The van der Waals surface area contributed by atoms with Crippen molar-refractivity contribution >= 4 is 27.5 Å². The number of nitrogens with one attached hydrogen (secondary N) is 1. The Bertz CT molecular complexity index is 1360. The highest BCUT2D eigenvalue weighted by molar-refractivity contribution is 7.92. The number of hydrogen-bond acceptors (Lipinski definition) is 4. The molecular formula is C29H35N3O4S. The van der Waals surface area contributed by atoms with Gasteiger partial charge in [-0.15, -0.1) is 0 Å². The van der Waals surface area contributed by atoms with Crippen LogP contribution in [0.3, 0.4) is 0 Å². The van der Waals surface area contributed by atoms with Crippen LogP contribution in [0.5, 0.6) is 0 Å². The van der Waals surface area contributed by atoms with Crippen LogP contribution in [0.1, 0.15) is 35.6 Å². The molecule has 0 fully saturated rings. The van der Waals surface area contributed by atoms with Crippen LogP contribution in [0, 0.1) is 20.8 Å². The Morgan fingerprint density at radius 1 is 0.865 bits per heavy atom. The lowest BCUT2D eigenvalue weighted by Gasteiger charge is -2.33. The van der Waals surface area contributed by atoms with Gasteiger partial charge in [0.15, 0.2) is 0 Å². The zero-order chi connectivity index (χ0) is 27.2. The van der Waals surface area contributed by atoms with E-state index in [0.717, 1.165) is 26.6 Å².